The minimum atomic E-state index is -4.44. The molecular formula is C12H13F3N2O3. The van der Waals surface area contributed by atoms with Gasteiger partial charge >= 0.3 is 6.18 Å². The van der Waals surface area contributed by atoms with Crippen molar-refractivity contribution >= 4 is 5.91 Å². The van der Waals surface area contributed by atoms with Gasteiger partial charge in [-0.25, -0.2) is 4.98 Å². The lowest BCUT2D eigenvalue weighted by Gasteiger charge is -2.12. The number of pyridine rings is 1. The fraction of sp³-hybridized carbons (Fsp3) is 0.500. The zero-order chi connectivity index (χ0) is 14.6. The highest BCUT2D eigenvalue weighted by atomic mass is 19.4. The van der Waals surface area contributed by atoms with Crippen LogP contribution in [-0.2, 0) is 4.74 Å². The highest BCUT2D eigenvalue weighted by Crippen LogP contribution is 2.16. The first-order valence-corrected chi connectivity index (χ1v) is 5.99. The summed E-state index contributed by atoms with van der Waals surface area (Å²) in [5.41, 5.74) is 0.0677. The quantitative estimate of drug-likeness (QED) is 0.914. The zero-order valence-electron chi connectivity index (χ0n) is 10.4. The molecule has 0 aromatic carbocycles. The monoisotopic (exact) mass is 290 g/mol. The van der Waals surface area contributed by atoms with Gasteiger partial charge < -0.3 is 14.8 Å². The molecule has 1 unspecified atom stereocenters. The number of nitrogens with zero attached hydrogens (tertiary/aromatic N) is 1. The van der Waals surface area contributed by atoms with Crippen LogP contribution in [0.25, 0.3) is 0 Å². The van der Waals surface area contributed by atoms with Crippen LogP contribution >= 0.6 is 0 Å². The molecule has 0 spiro atoms. The van der Waals surface area contributed by atoms with Crippen LogP contribution in [0.2, 0.25) is 0 Å². The van der Waals surface area contributed by atoms with E-state index < -0.39 is 18.6 Å². The number of carbonyl (C=O) groups is 1. The molecule has 0 aliphatic carbocycles. The van der Waals surface area contributed by atoms with Crippen molar-refractivity contribution in [2.45, 2.75) is 18.7 Å². The molecule has 110 valence electrons. The fourth-order valence-corrected chi connectivity index (χ4v) is 1.67. The number of carbonyl (C=O) groups excluding carboxylic acids is 1. The van der Waals surface area contributed by atoms with E-state index in [1.165, 1.54) is 18.3 Å². The number of rotatable bonds is 4. The third-order valence-corrected chi connectivity index (χ3v) is 2.62. The lowest BCUT2D eigenvalue weighted by atomic mass is 10.2. The molecule has 5 nitrogen and oxygen atoms in total. The minimum absolute atomic E-state index is 0.0677. The van der Waals surface area contributed by atoms with E-state index in [4.69, 9.17) is 9.47 Å². The Bertz CT molecular complexity index is 473. The Balaban J connectivity index is 1.96. The average molecular weight is 290 g/mol. The van der Waals surface area contributed by atoms with Crippen LogP contribution in [0.5, 0.6) is 5.88 Å². The van der Waals surface area contributed by atoms with Crippen molar-refractivity contribution in [2.75, 3.05) is 19.8 Å². The summed E-state index contributed by atoms with van der Waals surface area (Å²) in [4.78, 5) is 15.5. The number of halogens is 3. The Hall–Kier alpha value is -1.83. The third kappa shape index (κ3) is 4.37. The molecule has 1 atom stereocenters. The predicted molar refractivity (Wildman–Crippen MR) is 62.5 cm³/mol. The second-order valence-corrected chi connectivity index (χ2v) is 4.28. The van der Waals surface area contributed by atoms with Crippen molar-refractivity contribution < 1.29 is 27.4 Å². The summed E-state index contributed by atoms with van der Waals surface area (Å²) in [6.07, 6.45) is -2.56. The van der Waals surface area contributed by atoms with Gasteiger partial charge in [0, 0.05) is 24.2 Å². The first kappa shape index (κ1) is 14.6. The van der Waals surface area contributed by atoms with Crippen molar-refractivity contribution in [1.29, 1.82) is 0 Å². The number of aromatic nitrogens is 1. The van der Waals surface area contributed by atoms with E-state index in [0.717, 1.165) is 0 Å². The number of amides is 1. The molecule has 8 heteroatoms. The van der Waals surface area contributed by atoms with Gasteiger partial charge in [0.05, 0.1) is 13.2 Å². The molecule has 1 fully saturated rings. The molecule has 1 N–H and O–H groups in total. The molecule has 2 heterocycles. The molecule has 0 saturated carbocycles. The van der Waals surface area contributed by atoms with Gasteiger partial charge in [-0.05, 0) is 6.07 Å². The van der Waals surface area contributed by atoms with Gasteiger partial charge in [0.1, 0.15) is 12.6 Å². The predicted octanol–water partition coefficient (Wildman–Crippen LogP) is 1.54. The number of hydrogen-bond acceptors (Lipinski definition) is 4. The summed E-state index contributed by atoms with van der Waals surface area (Å²) < 4.78 is 46.6. The molecule has 1 aromatic heterocycles. The molecule has 2 rings (SSSR count). The average Bonchev–Trinajstić information content (AvgIpc) is 2.88. The maximum atomic E-state index is 12.0. The second-order valence-electron chi connectivity index (χ2n) is 4.28. The smallest absolute Gasteiger partial charge is 0.405 e. The van der Waals surface area contributed by atoms with Gasteiger partial charge in [-0.15, -0.1) is 0 Å². The van der Waals surface area contributed by atoms with Gasteiger partial charge in [0.25, 0.3) is 5.91 Å². The zero-order valence-corrected chi connectivity index (χ0v) is 10.4. The van der Waals surface area contributed by atoms with Gasteiger partial charge in [-0.3, -0.25) is 4.79 Å². The molecular weight excluding hydrogens is 277 g/mol. The SMILES string of the molecule is O=C(NCC(F)(F)F)c1ccnc(OC2CCOC2)c1. The number of alkyl halides is 3. The maximum absolute atomic E-state index is 12.0. The molecule has 1 aliphatic rings. The molecule has 1 amide bonds. The number of hydrogen-bond donors (Lipinski definition) is 1. The summed E-state index contributed by atoms with van der Waals surface area (Å²) in [5.74, 6) is -0.627. The highest BCUT2D eigenvalue weighted by Gasteiger charge is 2.28. The van der Waals surface area contributed by atoms with Crippen LogP contribution in [0.4, 0.5) is 13.2 Å². The molecule has 0 radical (unpaired) electrons. The van der Waals surface area contributed by atoms with E-state index in [1.54, 1.807) is 5.32 Å². The summed E-state index contributed by atoms with van der Waals surface area (Å²) in [7, 11) is 0. The Kier molecular flexibility index (Phi) is 4.43. The molecule has 1 aromatic rings. The van der Waals surface area contributed by atoms with Gasteiger partial charge in [-0.2, -0.15) is 13.2 Å². The lowest BCUT2D eigenvalue weighted by molar-refractivity contribution is -0.123. The van der Waals surface area contributed by atoms with E-state index in [2.05, 4.69) is 4.98 Å². The summed E-state index contributed by atoms with van der Waals surface area (Å²) >= 11 is 0. The van der Waals surface area contributed by atoms with E-state index in [9.17, 15) is 18.0 Å². The fourth-order valence-electron chi connectivity index (χ4n) is 1.67. The van der Waals surface area contributed by atoms with E-state index >= 15 is 0 Å². The van der Waals surface area contributed by atoms with Crippen molar-refractivity contribution in [2.24, 2.45) is 0 Å². The maximum Gasteiger partial charge on any atom is 0.405 e. The van der Waals surface area contributed by atoms with Crippen molar-refractivity contribution in [3.8, 4) is 5.88 Å². The Morgan fingerprint density at radius 3 is 3.00 bits per heavy atom. The summed E-state index contributed by atoms with van der Waals surface area (Å²) in [6, 6.07) is 2.63. The summed E-state index contributed by atoms with van der Waals surface area (Å²) in [6.45, 7) is -0.344. The van der Waals surface area contributed by atoms with Crippen molar-refractivity contribution in [3.63, 3.8) is 0 Å². The molecule has 1 aliphatic heterocycles. The van der Waals surface area contributed by atoms with Crippen LogP contribution in [0.1, 0.15) is 16.8 Å². The van der Waals surface area contributed by atoms with Crippen LogP contribution in [-0.4, -0.2) is 42.9 Å². The van der Waals surface area contributed by atoms with Gasteiger partial charge in [0.15, 0.2) is 0 Å². The van der Waals surface area contributed by atoms with Gasteiger partial charge in [-0.1, -0.05) is 0 Å². The first-order chi connectivity index (χ1) is 9.44. The first-order valence-electron chi connectivity index (χ1n) is 5.99. The normalized spacial score (nSPS) is 18.9. The van der Waals surface area contributed by atoms with Crippen molar-refractivity contribution in [3.05, 3.63) is 23.9 Å². The van der Waals surface area contributed by atoms with Crippen molar-refractivity contribution in [1.82, 2.24) is 10.3 Å². The second kappa shape index (κ2) is 6.08. The Labute approximate surface area is 113 Å². The topological polar surface area (TPSA) is 60.5 Å². The standard InChI is InChI=1S/C12H13F3N2O3/c13-12(14,15)7-17-11(18)8-1-3-16-10(5-8)20-9-2-4-19-6-9/h1,3,5,9H,2,4,6-7H2,(H,17,18). The van der Waals surface area contributed by atoms with Crippen LogP contribution in [0.15, 0.2) is 18.3 Å². The molecule has 1 saturated heterocycles. The highest BCUT2D eigenvalue weighted by molar-refractivity contribution is 5.94. The molecule has 20 heavy (non-hydrogen) atoms. The third-order valence-electron chi connectivity index (χ3n) is 2.62. The minimum Gasteiger partial charge on any atom is -0.472 e. The number of nitrogens with one attached hydrogen (secondary N) is 1. The van der Waals surface area contributed by atoms with E-state index in [1.807, 2.05) is 0 Å². The summed E-state index contributed by atoms with van der Waals surface area (Å²) in [5, 5.41) is 1.79. The lowest BCUT2D eigenvalue weighted by Crippen LogP contribution is -2.33. The van der Waals surface area contributed by atoms with Crippen LogP contribution < -0.4 is 10.1 Å². The Morgan fingerprint density at radius 1 is 1.55 bits per heavy atom. The van der Waals surface area contributed by atoms with Crippen LogP contribution in [0, 0.1) is 0 Å². The van der Waals surface area contributed by atoms with Gasteiger partial charge in [0.2, 0.25) is 5.88 Å². The largest absolute Gasteiger partial charge is 0.472 e. The number of ether oxygens (including phenoxy) is 2. The van der Waals surface area contributed by atoms with E-state index in [0.29, 0.717) is 19.6 Å². The van der Waals surface area contributed by atoms with Crippen LogP contribution in [0.3, 0.4) is 0 Å². The van der Waals surface area contributed by atoms with E-state index in [-0.39, 0.29) is 17.5 Å². The molecule has 0 bridgehead atoms. The Morgan fingerprint density at radius 2 is 2.35 bits per heavy atom.